The second-order valence-electron chi connectivity index (χ2n) is 4.30. The third kappa shape index (κ3) is 5.03. The van der Waals surface area contributed by atoms with Gasteiger partial charge in [0, 0.05) is 13.7 Å². The lowest BCUT2D eigenvalue weighted by molar-refractivity contribution is -0.124. The lowest BCUT2D eigenvalue weighted by Crippen LogP contribution is -2.31. The van der Waals surface area contributed by atoms with E-state index in [0.29, 0.717) is 18.9 Å². The molecule has 0 saturated carbocycles. The second kappa shape index (κ2) is 9.52. The molecule has 0 aliphatic rings. The summed E-state index contributed by atoms with van der Waals surface area (Å²) in [6.07, 6.45) is 0. The first-order chi connectivity index (χ1) is 11.1. The van der Waals surface area contributed by atoms with Gasteiger partial charge in [0.1, 0.15) is 5.56 Å². The summed E-state index contributed by atoms with van der Waals surface area (Å²) in [5.74, 6) is -0.261. The van der Waals surface area contributed by atoms with Gasteiger partial charge >= 0.3 is 5.97 Å². The van der Waals surface area contributed by atoms with Crippen LogP contribution in [0.25, 0.3) is 0 Å². The Morgan fingerprint density at radius 1 is 1.00 bits per heavy atom. The molecule has 0 saturated heterocycles. The van der Waals surface area contributed by atoms with Crippen molar-refractivity contribution in [2.75, 3.05) is 48.2 Å². The highest BCUT2D eigenvalue weighted by Gasteiger charge is 2.22. The predicted molar refractivity (Wildman–Crippen MR) is 81.3 cm³/mol. The number of nitrogens with one attached hydrogen (secondary N) is 1. The Morgan fingerprint density at radius 3 is 2.26 bits per heavy atom. The van der Waals surface area contributed by atoms with Gasteiger partial charge in [-0.3, -0.25) is 4.79 Å². The van der Waals surface area contributed by atoms with Crippen molar-refractivity contribution in [2.24, 2.45) is 0 Å². The van der Waals surface area contributed by atoms with Gasteiger partial charge in [-0.2, -0.15) is 0 Å². The number of hydrogen-bond donors (Lipinski definition) is 1. The summed E-state index contributed by atoms with van der Waals surface area (Å²) in [6.45, 7) is 0.315. The van der Waals surface area contributed by atoms with Crippen molar-refractivity contribution in [2.45, 2.75) is 0 Å². The van der Waals surface area contributed by atoms with E-state index in [9.17, 15) is 9.59 Å². The minimum Gasteiger partial charge on any atom is -0.493 e. The minimum absolute atomic E-state index is 0.134. The van der Waals surface area contributed by atoms with Gasteiger partial charge in [-0.15, -0.1) is 0 Å². The Hall–Kier alpha value is -2.48. The van der Waals surface area contributed by atoms with Crippen LogP contribution >= 0.6 is 0 Å². The Labute approximate surface area is 134 Å². The van der Waals surface area contributed by atoms with Gasteiger partial charge in [-0.1, -0.05) is 0 Å². The molecule has 0 radical (unpaired) electrons. The predicted octanol–water partition coefficient (Wildman–Crippen LogP) is 0.632. The first-order valence-corrected chi connectivity index (χ1v) is 6.80. The van der Waals surface area contributed by atoms with Crippen LogP contribution in [0, 0.1) is 0 Å². The average molecular weight is 327 g/mol. The van der Waals surface area contributed by atoms with Crippen LogP contribution in [-0.4, -0.2) is 60.1 Å². The first-order valence-electron chi connectivity index (χ1n) is 6.80. The monoisotopic (exact) mass is 327 g/mol. The number of benzene rings is 1. The minimum atomic E-state index is -0.704. The van der Waals surface area contributed by atoms with E-state index in [1.165, 1.54) is 34.5 Å². The topological polar surface area (TPSA) is 92.3 Å². The quantitative estimate of drug-likeness (QED) is 0.525. The SMILES string of the molecule is COCCNC(=O)COC(=O)c1ccc(OC)c(OC)c1OC. The Balaban J connectivity index is 2.78. The zero-order valence-corrected chi connectivity index (χ0v) is 13.6. The zero-order chi connectivity index (χ0) is 17.2. The third-order valence-electron chi connectivity index (χ3n) is 2.89. The molecule has 0 aliphatic carbocycles. The van der Waals surface area contributed by atoms with Gasteiger partial charge < -0.3 is 29.0 Å². The fourth-order valence-corrected chi connectivity index (χ4v) is 1.81. The van der Waals surface area contributed by atoms with Crippen LogP contribution in [0.1, 0.15) is 10.4 Å². The fourth-order valence-electron chi connectivity index (χ4n) is 1.81. The van der Waals surface area contributed by atoms with Crippen molar-refractivity contribution in [1.82, 2.24) is 5.32 Å². The van der Waals surface area contributed by atoms with Crippen molar-refractivity contribution < 1.29 is 33.3 Å². The summed E-state index contributed by atoms with van der Waals surface area (Å²) in [5, 5.41) is 2.54. The number of methoxy groups -OCH3 is 4. The van der Waals surface area contributed by atoms with E-state index in [1.807, 2.05) is 0 Å². The van der Waals surface area contributed by atoms with E-state index < -0.39 is 18.5 Å². The smallest absolute Gasteiger partial charge is 0.342 e. The molecule has 23 heavy (non-hydrogen) atoms. The van der Waals surface area contributed by atoms with Crippen LogP contribution in [-0.2, 0) is 14.3 Å². The molecule has 1 N–H and O–H groups in total. The summed E-state index contributed by atoms with van der Waals surface area (Å²) < 4.78 is 25.3. The fraction of sp³-hybridized carbons (Fsp3) is 0.467. The van der Waals surface area contributed by atoms with E-state index in [4.69, 9.17) is 23.7 Å². The first kappa shape index (κ1) is 18.6. The van der Waals surface area contributed by atoms with Gasteiger partial charge in [-0.25, -0.2) is 4.79 Å². The van der Waals surface area contributed by atoms with Gasteiger partial charge in [0.25, 0.3) is 5.91 Å². The Kier molecular flexibility index (Phi) is 7.69. The van der Waals surface area contributed by atoms with Crippen molar-refractivity contribution in [3.63, 3.8) is 0 Å². The Morgan fingerprint density at radius 2 is 1.70 bits per heavy atom. The average Bonchev–Trinajstić information content (AvgIpc) is 2.58. The molecule has 0 fully saturated rings. The Bertz CT molecular complexity index is 545. The van der Waals surface area contributed by atoms with Gasteiger partial charge in [-0.05, 0) is 12.1 Å². The standard InChI is InChI=1S/C15H21NO7/c1-19-8-7-16-12(17)9-23-15(18)10-5-6-11(20-2)14(22-4)13(10)21-3/h5-6H,7-9H2,1-4H3,(H,16,17). The van der Waals surface area contributed by atoms with Crippen molar-refractivity contribution >= 4 is 11.9 Å². The van der Waals surface area contributed by atoms with Crippen molar-refractivity contribution in [3.8, 4) is 17.2 Å². The molecule has 0 spiro atoms. The number of amides is 1. The highest BCUT2D eigenvalue weighted by molar-refractivity contribution is 5.95. The molecule has 1 rings (SSSR count). The molecule has 0 aromatic heterocycles. The van der Waals surface area contributed by atoms with Gasteiger partial charge in [0.05, 0.1) is 27.9 Å². The summed E-state index contributed by atoms with van der Waals surface area (Å²) in [4.78, 5) is 23.6. The largest absolute Gasteiger partial charge is 0.493 e. The maximum Gasteiger partial charge on any atom is 0.342 e. The van der Waals surface area contributed by atoms with Crippen LogP contribution in [0.2, 0.25) is 0 Å². The number of esters is 1. The van der Waals surface area contributed by atoms with Gasteiger partial charge in [0.15, 0.2) is 18.1 Å². The van der Waals surface area contributed by atoms with Gasteiger partial charge in [0.2, 0.25) is 5.75 Å². The van der Waals surface area contributed by atoms with Crippen LogP contribution in [0.4, 0.5) is 0 Å². The number of rotatable bonds is 9. The lowest BCUT2D eigenvalue weighted by Gasteiger charge is -2.15. The summed E-state index contributed by atoms with van der Waals surface area (Å²) >= 11 is 0. The number of hydrogen-bond acceptors (Lipinski definition) is 7. The molecule has 128 valence electrons. The van der Waals surface area contributed by atoms with Crippen molar-refractivity contribution in [3.05, 3.63) is 17.7 Å². The van der Waals surface area contributed by atoms with Crippen LogP contribution in [0.15, 0.2) is 12.1 Å². The molecule has 0 heterocycles. The maximum atomic E-state index is 12.1. The molecular formula is C15H21NO7. The van der Waals surface area contributed by atoms with E-state index in [2.05, 4.69) is 5.32 Å². The lowest BCUT2D eigenvalue weighted by atomic mass is 10.1. The summed E-state index contributed by atoms with van der Waals surface area (Å²) in [5.41, 5.74) is 0.134. The van der Waals surface area contributed by atoms with Crippen LogP contribution in [0.3, 0.4) is 0 Å². The summed E-state index contributed by atoms with van der Waals surface area (Å²) in [6, 6.07) is 3.03. The van der Waals surface area contributed by atoms with Crippen LogP contribution in [0.5, 0.6) is 17.2 Å². The molecule has 1 aromatic rings. The zero-order valence-electron chi connectivity index (χ0n) is 13.6. The highest BCUT2D eigenvalue weighted by Crippen LogP contribution is 2.39. The highest BCUT2D eigenvalue weighted by atomic mass is 16.5. The van der Waals surface area contributed by atoms with Crippen molar-refractivity contribution in [1.29, 1.82) is 0 Å². The van der Waals surface area contributed by atoms with Crippen LogP contribution < -0.4 is 19.5 Å². The molecule has 0 bridgehead atoms. The molecular weight excluding hydrogens is 306 g/mol. The number of ether oxygens (including phenoxy) is 5. The third-order valence-corrected chi connectivity index (χ3v) is 2.89. The van der Waals surface area contributed by atoms with E-state index in [0.717, 1.165) is 0 Å². The van der Waals surface area contributed by atoms with E-state index in [-0.39, 0.29) is 17.1 Å². The second-order valence-corrected chi connectivity index (χ2v) is 4.30. The molecule has 8 heteroatoms. The molecule has 0 aliphatic heterocycles. The molecule has 0 unspecified atom stereocenters. The summed E-state index contributed by atoms with van der Waals surface area (Å²) in [7, 11) is 5.82. The maximum absolute atomic E-state index is 12.1. The normalized spacial score (nSPS) is 9.91. The molecule has 1 amide bonds. The molecule has 8 nitrogen and oxygen atoms in total. The van der Waals surface area contributed by atoms with E-state index in [1.54, 1.807) is 6.07 Å². The molecule has 0 atom stereocenters. The number of carbonyl (C=O) groups is 2. The van der Waals surface area contributed by atoms with E-state index >= 15 is 0 Å². The molecule has 1 aromatic carbocycles. The number of carbonyl (C=O) groups excluding carboxylic acids is 2.